The zero-order valence-electron chi connectivity index (χ0n) is 8.51. The molecule has 0 aromatic heterocycles. The molecule has 0 saturated heterocycles. The quantitative estimate of drug-likeness (QED) is 0.713. The van der Waals surface area contributed by atoms with Crippen LogP contribution in [0.25, 0.3) is 6.08 Å². The van der Waals surface area contributed by atoms with Gasteiger partial charge in [-0.1, -0.05) is 50.2 Å². The van der Waals surface area contributed by atoms with E-state index in [1.54, 1.807) is 6.08 Å². The average molecular weight is 190 g/mol. The van der Waals surface area contributed by atoms with Gasteiger partial charge >= 0.3 is 7.12 Å². The van der Waals surface area contributed by atoms with Gasteiger partial charge in [0.2, 0.25) is 0 Å². The first kappa shape index (κ1) is 11.0. The van der Waals surface area contributed by atoms with Crippen molar-refractivity contribution < 1.29 is 10.0 Å². The fourth-order valence-electron chi connectivity index (χ4n) is 1.19. The summed E-state index contributed by atoms with van der Waals surface area (Å²) < 4.78 is 0. The van der Waals surface area contributed by atoms with Crippen molar-refractivity contribution >= 4 is 13.2 Å². The monoisotopic (exact) mass is 190 g/mol. The van der Waals surface area contributed by atoms with Gasteiger partial charge in [-0.05, 0) is 17.0 Å². The molecule has 0 bridgehead atoms. The second-order valence-corrected chi connectivity index (χ2v) is 3.59. The summed E-state index contributed by atoms with van der Waals surface area (Å²) in [5.74, 6) is 1.86. The van der Waals surface area contributed by atoms with Crippen LogP contribution < -0.4 is 0 Å². The molecular formula is C11H15BO2. The number of hydrogen-bond acceptors (Lipinski definition) is 2. The van der Waals surface area contributed by atoms with E-state index in [0.717, 1.165) is 5.56 Å². The fraction of sp³-hybridized carbons (Fsp3) is 0.273. The van der Waals surface area contributed by atoms with Gasteiger partial charge in [0.05, 0.1) is 0 Å². The van der Waals surface area contributed by atoms with E-state index >= 15 is 0 Å². The second kappa shape index (κ2) is 4.98. The van der Waals surface area contributed by atoms with E-state index in [1.165, 1.54) is 11.5 Å². The molecule has 1 aromatic rings. The molecule has 3 heteroatoms. The summed E-state index contributed by atoms with van der Waals surface area (Å²) >= 11 is 0. The molecule has 0 aliphatic rings. The Bertz CT molecular complexity index is 302. The highest BCUT2D eigenvalue weighted by atomic mass is 16.4. The van der Waals surface area contributed by atoms with Gasteiger partial charge in [0.25, 0.3) is 0 Å². The van der Waals surface area contributed by atoms with Gasteiger partial charge in [-0.15, -0.1) is 0 Å². The van der Waals surface area contributed by atoms with Crippen molar-refractivity contribution in [2.75, 3.05) is 0 Å². The van der Waals surface area contributed by atoms with Gasteiger partial charge in [0.1, 0.15) is 0 Å². The number of benzene rings is 1. The molecule has 1 rings (SSSR count). The Kier molecular flexibility index (Phi) is 3.92. The zero-order valence-corrected chi connectivity index (χ0v) is 8.51. The predicted octanol–water partition coefficient (Wildman–Crippen LogP) is 1.84. The minimum atomic E-state index is -1.38. The van der Waals surface area contributed by atoms with E-state index in [4.69, 9.17) is 10.0 Å². The van der Waals surface area contributed by atoms with Crippen molar-refractivity contribution in [3.8, 4) is 0 Å². The summed E-state index contributed by atoms with van der Waals surface area (Å²) in [5.41, 5.74) is 2.26. The minimum Gasteiger partial charge on any atom is -0.424 e. The van der Waals surface area contributed by atoms with Crippen molar-refractivity contribution in [2.45, 2.75) is 19.8 Å². The van der Waals surface area contributed by atoms with Crippen LogP contribution in [0.15, 0.2) is 30.2 Å². The number of rotatable bonds is 3. The second-order valence-electron chi connectivity index (χ2n) is 3.59. The first-order chi connectivity index (χ1) is 6.59. The maximum atomic E-state index is 8.63. The first-order valence-electron chi connectivity index (χ1n) is 4.74. The number of hydrogen-bond donors (Lipinski definition) is 2. The maximum Gasteiger partial charge on any atom is 0.480 e. The third kappa shape index (κ3) is 3.36. The van der Waals surface area contributed by atoms with E-state index in [-0.39, 0.29) is 0 Å². The van der Waals surface area contributed by atoms with Crippen LogP contribution in [0.5, 0.6) is 0 Å². The molecule has 0 unspecified atom stereocenters. The summed E-state index contributed by atoms with van der Waals surface area (Å²) in [7, 11) is -1.38. The standard InChI is InChI=1S/C11H15BO2/c1-9(2)11-5-3-10(4-6-11)7-8-12(13)14/h3-9,13-14H,1-2H3. The normalized spacial score (nSPS) is 11.2. The lowest BCUT2D eigenvalue weighted by atomic mass is 9.90. The van der Waals surface area contributed by atoms with Crippen molar-refractivity contribution in [2.24, 2.45) is 0 Å². The van der Waals surface area contributed by atoms with Crippen molar-refractivity contribution in [1.82, 2.24) is 0 Å². The average Bonchev–Trinajstić information content (AvgIpc) is 2.15. The van der Waals surface area contributed by atoms with Crippen molar-refractivity contribution in [3.63, 3.8) is 0 Å². The third-order valence-corrected chi connectivity index (χ3v) is 2.06. The molecule has 14 heavy (non-hydrogen) atoms. The SMILES string of the molecule is CC(C)c1ccc(C=CB(O)O)cc1. The molecule has 0 aliphatic heterocycles. The highest BCUT2D eigenvalue weighted by molar-refractivity contribution is 6.48. The molecule has 2 N–H and O–H groups in total. The fourth-order valence-corrected chi connectivity index (χ4v) is 1.19. The summed E-state index contributed by atoms with van der Waals surface area (Å²) in [6.07, 6.45) is 1.69. The molecule has 0 aliphatic carbocycles. The first-order valence-corrected chi connectivity index (χ1v) is 4.74. The van der Waals surface area contributed by atoms with E-state index < -0.39 is 7.12 Å². The van der Waals surface area contributed by atoms with Crippen LogP contribution in [0.2, 0.25) is 0 Å². The largest absolute Gasteiger partial charge is 0.480 e. The molecule has 74 valence electrons. The Balaban J connectivity index is 2.73. The maximum absolute atomic E-state index is 8.63. The molecule has 0 amide bonds. The molecule has 0 atom stereocenters. The lowest BCUT2D eigenvalue weighted by molar-refractivity contribution is 0.424. The van der Waals surface area contributed by atoms with Crippen LogP contribution in [0.3, 0.4) is 0 Å². The van der Waals surface area contributed by atoms with E-state index in [1.807, 2.05) is 24.3 Å². The predicted molar refractivity (Wildman–Crippen MR) is 59.8 cm³/mol. The Morgan fingerprint density at radius 1 is 1.14 bits per heavy atom. The Labute approximate surface area is 85.0 Å². The molecule has 0 heterocycles. The summed E-state index contributed by atoms with van der Waals surface area (Å²) in [5, 5.41) is 17.3. The zero-order chi connectivity index (χ0) is 10.6. The molecule has 1 aromatic carbocycles. The molecule has 0 radical (unpaired) electrons. The Hall–Kier alpha value is -1.06. The summed E-state index contributed by atoms with van der Waals surface area (Å²) in [4.78, 5) is 0. The van der Waals surface area contributed by atoms with Gasteiger partial charge in [-0.2, -0.15) is 0 Å². The van der Waals surface area contributed by atoms with Crippen LogP contribution in [0, 0.1) is 0 Å². The highest BCUT2D eigenvalue weighted by Gasteiger charge is 1.99. The van der Waals surface area contributed by atoms with Gasteiger partial charge in [0.15, 0.2) is 0 Å². The third-order valence-electron chi connectivity index (χ3n) is 2.06. The van der Waals surface area contributed by atoms with Gasteiger partial charge in [-0.25, -0.2) is 0 Å². The topological polar surface area (TPSA) is 40.5 Å². The van der Waals surface area contributed by atoms with E-state index in [9.17, 15) is 0 Å². The Morgan fingerprint density at radius 3 is 2.14 bits per heavy atom. The summed E-state index contributed by atoms with van der Waals surface area (Å²) in [6.45, 7) is 4.28. The van der Waals surface area contributed by atoms with Crippen molar-refractivity contribution in [1.29, 1.82) is 0 Å². The van der Waals surface area contributed by atoms with Crippen LogP contribution in [-0.2, 0) is 0 Å². The molecular weight excluding hydrogens is 175 g/mol. The van der Waals surface area contributed by atoms with Crippen molar-refractivity contribution in [3.05, 3.63) is 41.4 Å². The lowest BCUT2D eigenvalue weighted by Gasteiger charge is -2.04. The highest BCUT2D eigenvalue weighted by Crippen LogP contribution is 2.15. The van der Waals surface area contributed by atoms with Crippen LogP contribution >= 0.6 is 0 Å². The minimum absolute atomic E-state index is 0.525. The van der Waals surface area contributed by atoms with Crippen LogP contribution in [-0.4, -0.2) is 17.2 Å². The molecule has 0 fully saturated rings. The summed E-state index contributed by atoms with van der Waals surface area (Å²) in [6, 6.07) is 8.03. The smallest absolute Gasteiger partial charge is 0.424 e. The van der Waals surface area contributed by atoms with Gasteiger partial charge < -0.3 is 10.0 Å². The molecule has 0 spiro atoms. The van der Waals surface area contributed by atoms with Crippen LogP contribution in [0.4, 0.5) is 0 Å². The van der Waals surface area contributed by atoms with E-state index in [0.29, 0.717) is 5.92 Å². The van der Waals surface area contributed by atoms with Crippen LogP contribution in [0.1, 0.15) is 30.9 Å². The lowest BCUT2D eigenvalue weighted by Crippen LogP contribution is -2.05. The van der Waals surface area contributed by atoms with Gasteiger partial charge in [-0.3, -0.25) is 0 Å². The Morgan fingerprint density at radius 2 is 1.71 bits per heavy atom. The van der Waals surface area contributed by atoms with Gasteiger partial charge in [0, 0.05) is 0 Å². The van der Waals surface area contributed by atoms with E-state index in [2.05, 4.69) is 13.8 Å². The molecule has 2 nitrogen and oxygen atoms in total. The molecule has 0 saturated carbocycles.